The number of rotatable bonds is 4. The first-order chi connectivity index (χ1) is 18.7. The average molecular weight is 530 g/mol. The number of hydrogen-bond acceptors (Lipinski definition) is 6. The van der Waals surface area contributed by atoms with Gasteiger partial charge < -0.3 is 10.8 Å². The molecular formula is C28H18F4N6O. The SMILES string of the molecule is Nc1ncnc2c1c(-c1cc(O)cc(F)c1)nn2Cc1cc2ccccc2nc1-c1ccccc1C(F)(F)F. The molecule has 0 radical (unpaired) electrons. The molecule has 3 aromatic carbocycles. The first-order valence-electron chi connectivity index (χ1n) is 11.7. The Morgan fingerprint density at radius 1 is 0.897 bits per heavy atom. The highest BCUT2D eigenvalue weighted by atomic mass is 19.4. The molecule has 11 heteroatoms. The number of nitrogens with zero attached hydrogens (tertiary/aromatic N) is 5. The van der Waals surface area contributed by atoms with Gasteiger partial charge in [-0.1, -0.05) is 36.4 Å². The molecule has 0 saturated heterocycles. The van der Waals surface area contributed by atoms with Gasteiger partial charge in [0.1, 0.15) is 29.4 Å². The van der Waals surface area contributed by atoms with Gasteiger partial charge in [0, 0.05) is 28.1 Å². The van der Waals surface area contributed by atoms with Gasteiger partial charge in [-0.05, 0) is 30.3 Å². The Kier molecular flexibility index (Phi) is 5.63. The molecule has 3 aromatic heterocycles. The van der Waals surface area contributed by atoms with Crippen molar-refractivity contribution < 1.29 is 22.7 Å². The Morgan fingerprint density at radius 3 is 2.46 bits per heavy atom. The second kappa shape index (κ2) is 9.05. The van der Waals surface area contributed by atoms with E-state index in [0.29, 0.717) is 16.5 Å². The number of hydrogen-bond donors (Lipinski definition) is 2. The van der Waals surface area contributed by atoms with Gasteiger partial charge in [0.15, 0.2) is 5.65 Å². The number of aromatic hydroxyl groups is 1. The molecule has 39 heavy (non-hydrogen) atoms. The van der Waals surface area contributed by atoms with Gasteiger partial charge in [0.2, 0.25) is 0 Å². The van der Waals surface area contributed by atoms with Crippen molar-refractivity contribution in [1.29, 1.82) is 0 Å². The summed E-state index contributed by atoms with van der Waals surface area (Å²) in [5.41, 5.74) is 7.08. The number of pyridine rings is 1. The fraction of sp³-hybridized carbons (Fsp3) is 0.0714. The maximum atomic E-state index is 14.1. The van der Waals surface area contributed by atoms with Crippen LogP contribution < -0.4 is 5.73 Å². The Hall–Kier alpha value is -5.06. The van der Waals surface area contributed by atoms with E-state index in [-0.39, 0.29) is 46.3 Å². The number of fused-ring (bicyclic) bond motifs is 2. The third-order valence-electron chi connectivity index (χ3n) is 6.33. The van der Waals surface area contributed by atoms with Crippen LogP contribution in [0.25, 0.3) is 44.5 Å². The molecular weight excluding hydrogens is 512 g/mol. The van der Waals surface area contributed by atoms with Crippen molar-refractivity contribution in [3.63, 3.8) is 0 Å². The van der Waals surface area contributed by atoms with Crippen LogP contribution in [0.15, 0.2) is 79.1 Å². The Balaban J connectivity index is 1.59. The minimum Gasteiger partial charge on any atom is -0.508 e. The maximum absolute atomic E-state index is 14.1. The van der Waals surface area contributed by atoms with Crippen molar-refractivity contribution in [1.82, 2.24) is 24.7 Å². The molecule has 0 fully saturated rings. The summed E-state index contributed by atoms with van der Waals surface area (Å²) in [6.45, 7) is -0.0341. The monoisotopic (exact) mass is 530 g/mol. The minimum absolute atomic E-state index is 0.0341. The van der Waals surface area contributed by atoms with Crippen LogP contribution in [0.5, 0.6) is 5.75 Å². The van der Waals surface area contributed by atoms with E-state index in [9.17, 15) is 22.7 Å². The molecule has 0 spiro atoms. The lowest BCUT2D eigenvalue weighted by Gasteiger charge is -2.16. The summed E-state index contributed by atoms with van der Waals surface area (Å²) in [4.78, 5) is 12.9. The summed E-state index contributed by atoms with van der Waals surface area (Å²) in [5.74, 6) is -0.926. The second-order valence-corrected chi connectivity index (χ2v) is 8.89. The second-order valence-electron chi connectivity index (χ2n) is 8.89. The zero-order valence-electron chi connectivity index (χ0n) is 20.0. The molecule has 6 aromatic rings. The van der Waals surface area contributed by atoms with Gasteiger partial charge >= 0.3 is 6.18 Å². The van der Waals surface area contributed by atoms with Crippen LogP contribution in [-0.2, 0) is 12.7 Å². The van der Waals surface area contributed by atoms with Crippen molar-refractivity contribution in [3.05, 3.63) is 96.1 Å². The molecule has 0 atom stereocenters. The van der Waals surface area contributed by atoms with Gasteiger partial charge in [-0.25, -0.2) is 24.0 Å². The highest BCUT2D eigenvalue weighted by Crippen LogP contribution is 2.39. The first-order valence-corrected chi connectivity index (χ1v) is 11.7. The van der Waals surface area contributed by atoms with Crippen LogP contribution in [0.4, 0.5) is 23.4 Å². The van der Waals surface area contributed by atoms with Crippen LogP contribution in [-0.4, -0.2) is 29.8 Å². The fourth-order valence-electron chi connectivity index (χ4n) is 4.67. The van der Waals surface area contributed by atoms with E-state index >= 15 is 0 Å². The molecule has 3 heterocycles. The number of para-hydroxylation sites is 1. The van der Waals surface area contributed by atoms with E-state index in [4.69, 9.17) is 5.73 Å². The number of benzene rings is 3. The van der Waals surface area contributed by atoms with E-state index in [1.807, 2.05) is 12.1 Å². The standard InChI is InChI=1S/C28H18F4N6O/c29-18-10-16(11-19(39)12-18)25-23-26(33)34-14-35-27(23)38(37-25)13-17-9-15-5-1-4-8-22(15)36-24(17)20-6-2-3-7-21(20)28(30,31)32/h1-12,14,39H,13H2,(H2,33,34,35). The first kappa shape index (κ1) is 24.3. The fourth-order valence-corrected chi connectivity index (χ4v) is 4.67. The third-order valence-corrected chi connectivity index (χ3v) is 6.33. The van der Waals surface area contributed by atoms with Crippen LogP contribution in [0.3, 0.4) is 0 Å². The van der Waals surface area contributed by atoms with Crippen LogP contribution in [0.1, 0.15) is 11.1 Å². The van der Waals surface area contributed by atoms with Crippen molar-refractivity contribution >= 4 is 27.8 Å². The number of nitrogen functional groups attached to an aromatic ring is 1. The summed E-state index contributed by atoms with van der Waals surface area (Å²) in [6, 6.07) is 17.6. The van der Waals surface area contributed by atoms with E-state index in [0.717, 1.165) is 17.5 Å². The minimum atomic E-state index is -4.60. The number of phenolic OH excluding ortho intramolecular Hbond substituents is 1. The summed E-state index contributed by atoms with van der Waals surface area (Å²) >= 11 is 0. The summed E-state index contributed by atoms with van der Waals surface area (Å²) in [6.07, 6.45) is -3.37. The van der Waals surface area contributed by atoms with E-state index in [2.05, 4.69) is 20.1 Å². The van der Waals surface area contributed by atoms with E-state index < -0.39 is 17.6 Å². The van der Waals surface area contributed by atoms with Gasteiger partial charge in [-0.2, -0.15) is 18.3 Å². The highest BCUT2D eigenvalue weighted by Gasteiger charge is 2.34. The Labute approximate surface area is 218 Å². The molecule has 194 valence electrons. The predicted molar refractivity (Wildman–Crippen MR) is 138 cm³/mol. The summed E-state index contributed by atoms with van der Waals surface area (Å²) < 4.78 is 57.6. The average Bonchev–Trinajstić information content (AvgIpc) is 3.27. The van der Waals surface area contributed by atoms with Crippen molar-refractivity contribution in [2.75, 3.05) is 5.73 Å². The quantitative estimate of drug-likeness (QED) is 0.263. The molecule has 0 amide bonds. The summed E-state index contributed by atoms with van der Waals surface area (Å²) in [7, 11) is 0. The molecule has 0 aliphatic heterocycles. The van der Waals surface area contributed by atoms with Crippen molar-refractivity contribution in [2.45, 2.75) is 12.7 Å². The molecule has 0 aliphatic carbocycles. The molecule has 6 rings (SSSR count). The van der Waals surface area contributed by atoms with E-state index in [1.54, 1.807) is 18.2 Å². The number of phenols is 1. The Morgan fingerprint density at radius 2 is 1.67 bits per heavy atom. The highest BCUT2D eigenvalue weighted by molar-refractivity contribution is 5.98. The number of aromatic nitrogens is 5. The van der Waals surface area contributed by atoms with Crippen molar-refractivity contribution in [2.24, 2.45) is 0 Å². The molecule has 0 saturated carbocycles. The molecule has 0 bridgehead atoms. The molecule has 0 unspecified atom stereocenters. The number of alkyl halides is 3. The number of halogens is 4. The number of anilines is 1. The third kappa shape index (κ3) is 4.37. The molecule has 3 N–H and O–H groups in total. The predicted octanol–water partition coefficient (Wildman–Crippen LogP) is 6.20. The molecule has 0 aliphatic rings. The lowest BCUT2D eigenvalue weighted by atomic mass is 9.98. The van der Waals surface area contributed by atoms with Crippen LogP contribution >= 0.6 is 0 Å². The maximum Gasteiger partial charge on any atom is 0.417 e. The largest absolute Gasteiger partial charge is 0.508 e. The smallest absolute Gasteiger partial charge is 0.417 e. The lowest BCUT2D eigenvalue weighted by Crippen LogP contribution is -2.10. The van der Waals surface area contributed by atoms with Crippen LogP contribution in [0.2, 0.25) is 0 Å². The lowest BCUT2D eigenvalue weighted by molar-refractivity contribution is -0.137. The number of nitrogens with two attached hydrogens (primary N) is 1. The molecule has 7 nitrogen and oxygen atoms in total. The zero-order valence-corrected chi connectivity index (χ0v) is 20.0. The Bertz CT molecular complexity index is 1860. The van der Waals surface area contributed by atoms with Gasteiger partial charge in [0.05, 0.1) is 28.7 Å². The van der Waals surface area contributed by atoms with Gasteiger partial charge in [-0.3, -0.25) is 0 Å². The van der Waals surface area contributed by atoms with Gasteiger partial charge in [0.25, 0.3) is 0 Å². The normalized spacial score (nSPS) is 11.9. The topological polar surface area (TPSA) is 103 Å². The van der Waals surface area contributed by atoms with E-state index in [1.165, 1.54) is 41.3 Å². The van der Waals surface area contributed by atoms with Crippen LogP contribution in [0, 0.1) is 5.82 Å². The summed E-state index contributed by atoms with van der Waals surface area (Å²) in [5, 5.41) is 15.6. The zero-order chi connectivity index (χ0) is 27.3. The van der Waals surface area contributed by atoms with Gasteiger partial charge in [-0.15, -0.1) is 0 Å². The van der Waals surface area contributed by atoms with Crippen molar-refractivity contribution in [3.8, 4) is 28.3 Å².